The van der Waals surface area contributed by atoms with Crippen LogP contribution in [0.25, 0.3) is 0 Å². The number of carboxylic acid groups (broad SMARTS) is 1. The predicted octanol–water partition coefficient (Wildman–Crippen LogP) is 1.42. The van der Waals surface area contributed by atoms with Crippen molar-refractivity contribution in [2.24, 2.45) is 11.7 Å². The van der Waals surface area contributed by atoms with Crippen molar-refractivity contribution in [3.05, 3.63) is 65.7 Å². The Labute approximate surface area is 245 Å². The van der Waals surface area contributed by atoms with Gasteiger partial charge in [0.2, 0.25) is 11.8 Å². The van der Waals surface area contributed by atoms with E-state index in [-0.39, 0.29) is 30.3 Å². The second-order valence-corrected chi connectivity index (χ2v) is 10.1. The molecule has 2 atom stereocenters. The summed E-state index contributed by atoms with van der Waals surface area (Å²) in [5.41, 5.74) is 6.53. The van der Waals surface area contributed by atoms with Gasteiger partial charge < -0.3 is 36.3 Å². The van der Waals surface area contributed by atoms with Crippen LogP contribution in [0.5, 0.6) is 5.75 Å². The maximum atomic E-state index is 13.4. The lowest BCUT2D eigenvalue weighted by atomic mass is 10.0. The number of amides is 3. The van der Waals surface area contributed by atoms with E-state index >= 15 is 0 Å². The standard InChI is InChI=1S/C30H40N4O8/c1-20(2)18-42-30(40)24(13-6-7-14-31)34-29(39)25(15-21-9-4-3-5-10-21)33-26(35)17-32-28(38)22-11-8-12-23(16-22)41-19-27(36)37/h3-5,8-12,16,20,24-25H,6-7,13-15,17-19,31H2,1-2H3,(H,32,38)(H,33,35)(H,34,39)(H,36,37)/t24-,25-/m0/s1. The highest BCUT2D eigenvalue weighted by molar-refractivity contribution is 5.97. The van der Waals surface area contributed by atoms with E-state index in [2.05, 4.69) is 16.0 Å². The molecule has 0 unspecified atom stereocenters. The average molecular weight is 585 g/mol. The summed E-state index contributed by atoms with van der Waals surface area (Å²) in [5, 5.41) is 16.6. The number of ether oxygens (including phenoxy) is 2. The molecule has 0 fully saturated rings. The molecule has 0 heterocycles. The highest BCUT2D eigenvalue weighted by Gasteiger charge is 2.28. The summed E-state index contributed by atoms with van der Waals surface area (Å²) < 4.78 is 10.4. The Morgan fingerprint density at radius 3 is 2.33 bits per heavy atom. The smallest absolute Gasteiger partial charge is 0.341 e. The van der Waals surface area contributed by atoms with Crippen molar-refractivity contribution in [1.82, 2.24) is 16.0 Å². The van der Waals surface area contributed by atoms with Crippen LogP contribution in [0.2, 0.25) is 0 Å². The number of esters is 1. The molecule has 0 aliphatic rings. The summed E-state index contributed by atoms with van der Waals surface area (Å²) in [6.07, 6.45) is 1.74. The highest BCUT2D eigenvalue weighted by atomic mass is 16.5. The van der Waals surface area contributed by atoms with Crippen LogP contribution >= 0.6 is 0 Å². The molecule has 12 nitrogen and oxygen atoms in total. The molecule has 0 saturated heterocycles. The van der Waals surface area contributed by atoms with Gasteiger partial charge in [0.25, 0.3) is 5.91 Å². The first-order chi connectivity index (χ1) is 20.1. The predicted molar refractivity (Wildman–Crippen MR) is 155 cm³/mol. The van der Waals surface area contributed by atoms with Gasteiger partial charge in [0, 0.05) is 12.0 Å². The van der Waals surface area contributed by atoms with Gasteiger partial charge in [-0.3, -0.25) is 14.4 Å². The van der Waals surface area contributed by atoms with Crippen molar-refractivity contribution in [2.45, 2.75) is 51.6 Å². The quantitative estimate of drug-likeness (QED) is 0.128. The number of rotatable bonds is 18. The minimum absolute atomic E-state index is 0.120. The highest BCUT2D eigenvalue weighted by Crippen LogP contribution is 2.13. The lowest BCUT2D eigenvalue weighted by Gasteiger charge is -2.23. The molecule has 0 saturated carbocycles. The minimum atomic E-state index is -1.16. The number of hydrogen-bond donors (Lipinski definition) is 5. The number of nitrogens with one attached hydrogen (secondary N) is 3. The molecule has 0 aliphatic heterocycles. The summed E-state index contributed by atoms with van der Waals surface area (Å²) in [6.45, 7) is 3.46. The maximum absolute atomic E-state index is 13.4. The molecule has 0 spiro atoms. The molecule has 0 aliphatic carbocycles. The monoisotopic (exact) mass is 584 g/mol. The van der Waals surface area contributed by atoms with Crippen LogP contribution in [0.4, 0.5) is 0 Å². The minimum Gasteiger partial charge on any atom is -0.482 e. The van der Waals surface area contributed by atoms with Gasteiger partial charge in [0.05, 0.1) is 13.2 Å². The van der Waals surface area contributed by atoms with Gasteiger partial charge in [-0.15, -0.1) is 0 Å². The Balaban J connectivity index is 2.08. The molecule has 228 valence electrons. The SMILES string of the molecule is CC(C)COC(=O)[C@H](CCCCN)NC(=O)[C@H](Cc1ccccc1)NC(=O)CNC(=O)c1cccc(OCC(=O)O)c1. The van der Waals surface area contributed by atoms with Gasteiger partial charge in [-0.05, 0) is 55.5 Å². The zero-order chi connectivity index (χ0) is 30.9. The first-order valence-corrected chi connectivity index (χ1v) is 13.8. The number of nitrogens with two attached hydrogens (primary N) is 1. The topological polar surface area (TPSA) is 186 Å². The fourth-order valence-electron chi connectivity index (χ4n) is 3.80. The van der Waals surface area contributed by atoms with Crippen LogP contribution < -0.4 is 26.4 Å². The van der Waals surface area contributed by atoms with Crippen molar-refractivity contribution in [1.29, 1.82) is 0 Å². The molecule has 3 amide bonds. The second kappa shape index (κ2) is 18.1. The number of unbranched alkanes of at least 4 members (excludes halogenated alkanes) is 1. The van der Waals surface area contributed by atoms with Crippen LogP contribution in [0.3, 0.4) is 0 Å². The summed E-state index contributed by atoms with van der Waals surface area (Å²) in [7, 11) is 0. The van der Waals surface area contributed by atoms with Gasteiger partial charge in [-0.25, -0.2) is 9.59 Å². The van der Waals surface area contributed by atoms with E-state index in [4.69, 9.17) is 20.3 Å². The first kappa shape index (κ1) is 33.8. The summed E-state index contributed by atoms with van der Waals surface area (Å²) in [6, 6.07) is 13.0. The van der Waals surface area contributed by atoms with Crippen molar-refractivity contribution in [3.63, 3.8) is 0 Å². The van der Waals surface area contributed by atoms with E-state index in [1.54, 1.807) is 12.1 Å². The van der Waals surface area contributed by atoms with Gasteiger partial charge in [-0.1, -0.05) is 50.2 Å². The molecule has 42 heavy (non-hydrogen) atoms. The third-order valence-electron chi connectivity index (χ3n) is 5.91. The Kier molecular flexibility index (Phi) is 14.5. The van der Waals surface area contributed by atoms with E-state index in [0.717, 1.165) is 5.56 Å². The molecule has 12 heteroatoms. The van der Waals surface area contributed by atoms with Crippen LogP contribution in [-0.4, -0.2) is 73.2 Å². The number of carbonyl (C=O) groups excluding carboxylic acids is 4. The van der Waals surface area contributed by atoms with E-state index in [9.17, 15) is 24.0 Å². The third kappa shape index (κ3) is 12.8. The number of hydrogen-bond acceptors (Lipinski definition) is 8. The van der Waals surface area contributed by atoms with Gasteiger partial charge in [0.1, 0.15) is 17.8 Å². The Bertz CT molecular complexity index is 1190. The van der Waals surface area contributed by atoms with E-state index in [1.807, 2.05) is 32.0 Å². The van der Waals surface area contributed by atoms with Crippen molar-refractivity contribution in [3.8, 4) is 5.75 Å². The zero-order valence-corrected chi connectivity index (χ0v) is 24.0. The van der Waals surface area contributed by atoms with Crippen molar-refractivity contribution < 1.29 is 38.6 Å². The lowest BCUT2D eigenvalue weighted by Crippen LogP contribution is -2.54. The van der Waals surface area contributed by atoms with Crippen molar-refractivity contribution in [2.75, 3.05) is 26.3 Å². The number of aliphatic carboxylic acids is 1. The summed E-state index contributed by atoms with van der Waals surface area (Å²) in [5.74, 6) is -3.20. The van der Waals surface area contributed by atoms with E-state index in [1.165, 1.54) is 24.3 Å². The number of carboxylic acids is 1. The Morgan fingerprint density at radius 1 is 0.929 bits per heavy atom. The third-order valence-corrected chi connectivity index (χ3v) is 5.91. The van der Waals surface area contributed by atoms with Crippen LogP contribution in [-0.2, 0) is 30.3 Å². The van der Waals surface area contributed by atoms with Gasteiger partial charge >= 0.3 is 11.9 Å². The fraction of sp³-hybridized carbons (Fsp3) is 0.433. The molecule has 2 aromatic rings. The molecular weight excluding hydrogens is 544 g/mol. The van der Waals surface area contributed by atoms with Crippen LogP contribution in [0.1, 0.15) is 49.0 Å². The molecule has 6 N–H and O–H groups in total. The zero-order valence-electron chi connectivity index (χ0n) is 24.0. The normalized spacial score (nSPS) is 12.1. The largest absolute Gasteiger partial charge is 0.482 e. The molecule has 2 aromatic carbocycles. The maximum Gasteiger partial charge on any atom is 0.341 e. The van der Waals surface area contributed by atoms with Crippen molar-refractivity contribution >= 4 is 29.7 Å². The first-order valence-electron chi connectivity index (χ1n) is 13.8. The molecule has 0 aromatic heterocycles. The van der Waals surface area contributed by atoms with E-state index in [0.29, 0.717) is 25.8 Å². The van der Waals surface area contributed by atoms with Gasteiger partial charge in [0.15, 0.2) is 6.61 Å². The second-order valence-electron chi connectivity index (χ2n) is 10.1. The molecule has 2 rings (SSSR count). The summed E-state index contributed by atoms with van der Waals surface area (Å²) >= 11 is 0. The van der Waals surface area contributed by atoms with Crippen LogP contribution in [0.15, 0.2) is 54.6 Å². The number of benzene rings is 2. The summed E-state index contributed by atoms with van der Waals surface area (Å²) in [4.78, 5) is 62.3. The lowest BCUT2D eigenvalue weighted by molar-refractivity contribution is -0.149. The van der Waals surface area contributed by atoms with E-state index < -0.39 is 54.9 Å². The van der Waals surface area contributed by atoms with Gasteiger partial charge in [-0.2, -0.15) is 0 Å². The molecule has 0 radical (unpaired) electrons. The fourth-order valence-corrected chi connectivity index (χ4v) is 3.80. The Hall–Kier alpha value is -4.45. The number of carbonyl (C=O) groups is 5. The average Bonchev–Trinajstić information content (AvgIpc) is 2.97. The molecule has 0 bridgehead atoms. The Morgan fingerprint density at radius 2 is 1.67 bits per heavy atom. The van der Waals surface area contributed by atoms with Crippen LogP contribution in [0, 0.1) is 5.92 Å². The molecular formula is C30H40N4O8.